The summed E-state index contributed by atoms with van der Waals surface area (Å²) in [7, 11) is 0. The van der Waals surface area contributed by atoms with Gasteiger partial charge >= 0.3 is 0 Å². The highest BCUT2D eigenvalue weighted by atomic mass is 19.1. The summed E-state index contributed by atoms with van der Waals surface area (Å²) in [6.07, 6.45) is 0.136. The molecular formula is C18H15FN2O2. The molecule has 116 valence electrons. The monoisotopic (exact) mass is 310 g/mol. The first kappa shape index (κ1) is 15.0. The summed E-state index contributed by atoms with van der Waals surface area (Å²) in [5, 5.41) is 6.69. The van der Waals surface area contributed by atoms with Crippen LogP contribution in [0.15, 0.2) is 65.2 Å². The third-order valence-electron chi connectivity index (χ3n) is 3.36. The van der Waals surface area contributed by atoms with Crippen LogP contribution in [0.5, 0.6) is 0 Å². The van der Waals surface area contributed by atoms with Crippen molar-refractivity contribution in [3.05, 3.63) is 77.7 Å². The van der Waals surface area contributed by atoms with E-state index in [0.717, 1.165) is 11.1 Å². The fraction of sp³-hybridized carbons (Fsp3) is 0.111. The maximum atomic E-state index is 12.8. The van der Waals surface area contributed by atoms with Gasteiger partial charge in [0.25, 0.3) is 0 Å². The van der Waals surface area contributed by atoms with Crippen LogP contribution in [0.25, 0.3) is 11.3 Å². The second-order valence-corrected chi connectivity index (χ2v) is 5.13. The minimum Gasteiger partial charge on any atom is -0.356 e. The van der Waals surface area contributed by atoms with E-state index in [1.54, 1.807) is 18.2 Å². The maximum Gasteiger partial charge on any atom is 0.226 e. The van der Waals surface area contributed by atoms with Crippen LogP contribution in [0.3, 0.4) is 0 Å². The molecule has 0 aliphatic heterocycles. The molecule has 5 heteroatoms. The summed E-state index contributed by atoms with van der Waals surface area (Å²) in [5.41, 5.74) is 2.32. The molecule has 0 aliphatic carbocycles. The third kappa shape index (κ3) is 4.03. The molecule has 0 fully saturated rings. The number of carbonyl (C=O) groups excluding carboxylic acids is 1. The first-order valence-electron chi connectivity index (χ1n) is 7.23. The molecule has 0 unspecified atom stereocenters. The van der Waals surface area contributed by atoms with Crippen molar-refractivity contribution in [1.82, 2.24) is 10.5 Å². The summed E-state index contributed by atoms with van der Waals surface area (Å²) in [6.45, 7) is 0.350. The Bertz CT molecular complexity index is 782. The van der Waals surface area contributed by atoms with Crippen LogP contribution in [0, 0.1) is 5.82 Å². The number of aromatic nitrogens is 1. The molecule has 1 aromatic heterocycles. The highest BCUT2D eigenvalue weighted by Gasteiger charge is 2.10. The first-order chi connectivity index (χ1) is 11.2. The van der Waals surface area contributed by atoms with E-state index >= 15 is 0 Å². The van der Waals surface area contributed by atoms with Gasteiger partial charge in [0.05, 0.1) is 12.1 Å². The topological polar surface area (TPSA) is 55.1 Å². The Balaban J connectivity index is 1.56. The second kappa shape index (κ2) is 6.87. The smallest absolute Gasteiger partial charge is 0.226 e. The van der Waals surface area contributed by atoms with E-state index in [1.807, 2.05) is 30.3 Å². The number of nitrogens with zero attached hydrogens (tertiary/aromatic N) is 1. The summed E-state index contributed by atoms with van der Waals surface area (Å²) < 4.78 is 18.1. The second-order valence-electron chi connectivity index (χ2n) is 5.13. The van der Waals surface area contributed by atoms with Gasteiger partial charge in [-0.15, -0.1) is 0 Å². The molecule has 1 N–H and O–H groups in total. The van der Waals surface area contributed by atoms with Crippen LogP contribution in [0.1, 0.15) is 11.3 Å². The Kier molecular flexibility index (Phi) is 4.47. The van der Waals surface area contributed by atoms with Crippen molar-refractivity contribution in [3.63, 3.8) is 0 Å². The van der Waals surface area contributed by atoms with Crippen molar-refractivity contribution in [3.8, 4) is 11.3 Å². The van der Waals surface area contributed by atoms with Crippen molar-refractivity contribution in [2.75, 3.05) is 0 Å². The third-order valence-corrected chi connectivity index (χ3v) is 3.36. The van der Waals surface area contributed by atoms with Gasteiger partial charge in [0.15, 0.2) is 5.76 Å². The zero-order chi connectivity index (χ0) is 16.1. The lowest BCUT2D eigenvalue weighted by Gasteiger charge is -2.03. The number of benzene rings is 2. The number of amides is 1. The van der Waals surface area contributed by atoms with Crippen molar-refractivity contribution >= 4 is 5.91 Å². The van der Waals surface area contributed by atoms with Gasteiger partial charge in [-0.05, 0) is 17.7 Å². The number of nitrogens with one attached hydrogen (secondary N) is 1. The van der Waals surface area contributed by atoms with Crippen LogP contribution >= 0.6 is 0 Å². The van der Waals surface area contributed by atoms with Crippen LogP contribution < -0.4 is 5.32 Å². The zero-order valence-corrected chi connectivity index (χ0v) is 12.3. The number of halogens is 1. The van der Waals surface area contributed by atoms with Gasteiger partial charge in [-0.1, -0.05) is 47.6 Å². The molecule has 0 atom stereocenters. The molecular weight excluding hydrogens is 295 g/mol. The molecule has 4 nitrogen and oxygen atoms in total. The molecule has 0 bridgehead atoms. The van der Waals surface area contributed by atoms with Crippen LogP contribution in [-0.2, 0) is 17.8 Å². The first-order valence-corrected chi connectivity index (χ1v) is 7.23. The standard InChI is InChI=1S/C18H15FN2O2/c19-15-8-6-13(7-9-15)12-20-18(22)11-16-10-17(23-21-16)14-4-2-1-3-5-14/h1-10H,11-12H2,(H,20,22). The summed E-state index contributed by atoms with van der Waals surface area (Å²) >= 11 is 0. The van der Waals surface area contributed by atoms with Gasteiger partial charge in [0.2, 0.25) is 5.91 Å². The quantitative estimate of drug-likeness (QED) is 0.786. The molecule has 0 spiro atoms. The largest absolute Gasteiger partial charge is 0.356 e. The average Bonchev–Trinajstić information content (AvgIpc) is 3.04. The molecule has 1 heterocycles. The maximum absolute atomic E-state index is 12.8. The van der Waals surface area contributed by atoms with Crippen LogP contribution in [0.4, 0.5) is 4.39 Å². The minimum absolute atomic E-state index is 0.136. The normalized spacial score (nSPS) is 10.5. The highest BCUT2D eigenvalue weighted by Crippen LogP contribution is 2.19. The molecule has 23 heavy (non-hydrogen) atoms. The summed E-state index contributed by atoms with van der Waals surface area (Å²) in [5.74, 6) is 0.172. The Morgan fingerprint density at radius 1 is 1.09 bits per heavy atom. The molecule has 0 saturated heterocycles. The van der Waals surface area contributed by atoms with Crippen molar-refractivity contribution in [2.45, 2.75) is 13.0 Å². The van der Waals surface area contributed by atoms with E-state index in [4.69, 9.17) is 4.52 Å². The summed E-state index contributed by atoms with van der Waals surface area (Å²) in [6, 6.07) is 17.3. The number of rotatable bonds is 5. The van der Waals surface area contributed by atoms with Gasteiger partial charge in [-0.25, -0.2) is 4.39 Å². The zero-order valence-electron chi connectivity index (χ0n) is 12.3. The molecule has 0 aliphatic rings. The number of carbonyl (C=O) groups is 1. The lowest BCUT2D eigenvalue weighted by Crippen LogP contribution is -2.24. The molecule has 3 aromatic rings. The lowest BCUT2D eigenvalue weighted by molar-refractivity contribution is -0.120. The Morgan fingerprint density at radius 2 is 1.83 bits per heavy atom. The van der Waals surface area contributed by atoms with Gasteiger partial charge in [-0.3, -0.25) is 4.79 Å². The van der Waals surface area contributed by atoms with E-state index in [0.29, 0.717) is 18.0 Å². The van der Waals surface area contributed by atoms with E-state index in [2.05, 4.69) is 10.5 Å². The highest BCUT2D eigenvalue weighted by molar-refractivity contribution is 5.78. The number of hydrogen-bond donors (Lipinski definition) is 1. The predicted octanol–water partition coefficient (Wildman–Crippen LogP) is 3.34. The molecule has 2 aromatic carbocycles. The fourth-order valence-electron chi connectivity index (χ4n) is 2.16. The SMILES string of the molecule is O=C(Cc1cc(-c2ccccc2)on1)NCc1ccc(F)cc1. The van der Waals surface area contributed by atoms with Crippen LogP contribution in [-0.4, -0.2) is 11.1 Å². The van der Waals surface area contributed by atoms with E-state index in [9.17, 15) is 9.18 Å². The Hall–Kier alpha value is -2.95. The van der Waals surface area contributed by atoms with E-state index in [-0.39, 0.29) is 18.1 Å². The molecule has 1 amide bonds. The van der Waals surface area contributed by atoms with Crippen molar-refractivity contribution in [1.29, 1.82) is 0 Å². The Morgan fingerprint density at radius 3 is 2.57 bits per heavy atom. The minimum atomic E-state index is -0.295. The average molecular weight is 310 g/mol. The molecule has 3 rings (SSSR count). The Labute approximate surface area is 132 Å². The summed E-state index contributed by atoms with van der Waals surface area (Å²) in [4.78, 5) is 11.9. The molecule has 0 radical (unpaired) electrons. The van der Waals surface area contributed by atoms with Gasteiger partial charge in [-0.2, -0.15) is 0 Å². The van der Waals surface area contributed by atoms with Gasteiger partial charge in [0.1, 0.15) is 5.82 Å². The van der Waals surface area contributed by atoms with E-state index in [1.165, 1.54) is 12.1 Å². The van der Waals surface area contributed by atoms with Crippen molar-refractivity contribution in [2.24, 2.45) is 0 Å². The van der Waals surface area contributed by atoms with Gasteiger partial charge in [0, 0.05) is 18.2 Å². The van der Waals surface area contributed by atoms with Gasteiger partial charge < -0.3 is 9.84 Å². The van der Waals surface area contributed by atoms with E-state index < -0.39 is 0 Å². The lowest BCUT2D eigenvalue weighted by atomic mass is 10.1. The fourth-order valence-corrected chi connectivity index (χ4v) is 2.16. The van der Waals surface area contributed by atoms with Crippen LogP contribution in [0.2, 0.25) is 0 Å². The molecule has 0 saturated carbocycles. The van der Waals surface area contributed by atoms with Crippen molar-refractivity contribution < 1.29 is 13.7 Å². The number of hydrogen-bond acceptors (Lipinski definition) is 3. The predicted molar refractivity (Wildman–Crippen MR) is 83.9 cm³/mol.